The lowest BCUT2D eigenvalue weighted by Crippen LogP contribution is -2.44. The molecule has 0 saturated carbocycles. The molecular formula is C18H22N2O5S. The summed E-state index contributed by atoms with van der Waals surface area (Å²) in [6, 6.07) is 5.31. The predicted molar refractivity (Wildman–Crippen MR) is 95.1 cm³/mol. The lowest BCUT2D eigenvalue weighted by molar-refractivity contribution is -0.129. The van der Waals surface area contributed by atoms with Crippen molar-refractivity contribution in [2.45, 2.75) is 32.4 Å². The van der Waals surface area contributed by atoms with Crippen molar-refractivity contribution in [3.63, 3.8) is 0 Å². The Morgan fingerprint density at radius 3 is 2.35 bits per heavy atom. The van der Waals surface area contributed by atoms with Crippen LogP contribution in [0.3, 0.4) is 0 Å². The second kappa shape index (κ2) is 6.50. The highest BCUT2D eigenvalue weighted by Gasteiger charge is 2.58. The van der Waals surface area contributed by atoms with Crippen LogP contribution in [0.25, 0.3) is 0 Å². The van der Waals surface area contributed by atoms with Gasteiger partial charge in [-0.25, -0.2) is 12.7 Å². The van der Waals surface area contributed by atoms with Gasteiger partial charge in [0, 0.05) is 17.7 Å². The van der Waals surface area contributed by atoms with E-state index < -0.39 is 33.9 Å². The maximum Gasteiger partial charge on any atom is 0.254 e. The molecule has 0 unspecified atom stereocenters. The molecule has 3 rings (SSSR count). The summed E-state index contributed by atoms with van der Waals surface area (Å²) in [7, 11) is -3.69. The van der Waals surface area contributed by atoms with Gasteiger partial charge in [-0.1, -0.05) is 26.0 Å². The second-order valence-corrected chi connectivity index (χ2v) is 9.11. The molecular weight excluding hydrogens is 356 g/mol. The fraction of sp³-hybridized carbons (Fsp3) is 0.500. The van der Waals surface area contributed by atoms with Crippen LogP contribution in [0.5, 0.6) is 0 Å². The molecule has 1 aromatic carbocycles. The molecule has 2 heterocycles. The molecule has 0 aromatic heterocycles. The summed E-state index contributed by atoms with van der Waals surface area (Å²) in [6.45, 7) is 4.13. The van der Waals surface area contributed by atoms with Crippen LogP contribution in [-0.4, -0.2) is 60.6 Å². The van der Waals surface area contributed by atoms with Crippen LogP contribution < -0.4 is 0 Å². The first-order valence-corrected chi connectivity index (χ1v) is 10.4. The molecule has 2 aliphatic rings. The smallest absolute Gasteiger partial charge is 0.254 e. The van der Waals surface area contributed by atoms with Crippen molar-refractivity contribution in [3.8, 4) is 0 Å². The molecule has 0 N–H and O–H groups in total. The topological polar surface area (TPSA) is 91.8 Å². The number of sulfonamides is 1. The number of carbonyl (C=O) groups excluding carboxylic acids is 3. The Balaban J connectivity index is 1.96. The van der Waals surface area contributed by atoms with Gasteiger partial charge in [-0.05, 0) is 24.5 Å². The number of amides is 2. The number of benzene rings is 1. The predicted octanol–water partition coefficient (Wildman–Crippen LogP) is 1.16. The van der Waals surface area contributed by atoms with Crippen molar-refractivity contribution in [2.24, 2.45) is 11.8 Å². The van der Waals surface area contributed by atoms with Crippen molar-refractivity contribution in [2.75, 3.05) is 12.8 Å². The maximum absolute atomic E-state index is 13.0. The number of likely N-dealkylation sites (tertiary alicyclic amines) is 1. The minimum atomic E-state index is -3.69. The summed E-state index contributed by atoms with van der Waals surface area (Å²) < 4.78 is 25.3. The van der Waals surface area contributed by atoms with E-state index in [9.17, 15) is 22.8 Å². The second-order valence-electron chi connectivity index (χ2n) is 7.25. The zero-order valence-corrected chi connectivity index (χ0v) is 15.8. The number of carbonyl (C=O) groups is 3. The zero-order chi connectivity index (χ0) is 19.2. The Morgan fingerprint density at radius 1 is 1.23 bits per heavy atom. The molecule has 0 aliphatic carbocycles. The quantitative estimate of drug-likeness (QED) is 0.733. The number of nitrogens with zero attached hydrogens (tertiary/aromatic N) is 2. The molecule has 2 fully saturated rings. The van der Waals surface area contributed by atoms with E-state index in [1.54, 1.807) is 29.2 Å². The van der Waals surface area contributed by atoms with Crippen molar-refractivity contribution >= 4 is 28.1 Å². The highest BCUT2D eigenvalue weighted by molar-refractivity contribution is 7.88. The van der Waals surface area contributed by atoms with Crippen LogP contribution in [0.2, 0.25) is 0 Å². The lowest BCUT2D eigenvalue weighted by atomic mass is 9.88. The highest BCUT2D eigenvalue weighted by Crippen LogP contribution is 2.41. The van der Waals surface area contributed by atoms with Crippen molar-refractivity contribution < 1.29 is 22.8 Å². The Hall–Kier alpha value is -2.22. The summed E-state index contributed by atoms with van der Waals surface area (Å²) >= 11 is 0. The molecule has 0 radical (unpaired) electrons. The molecule has 2 saturated heterocycles. The first-order valence-electron chi connectivity index (χ1n) is 8.56. The van der Waals surface area contributed by atoms with Gasteiger partial charge < -0.3 is 4.90 Å². The molecule has 0 spiro atoms. The minimum absolute atomic E-state index is 0.0902. The third kappa shape index (κ3) is 2.92. The number of fused-ring (bicyclic) bond motifs is 1. The first kappa shape index (κ1) is 18.6. The summed E-state index contributed by atoms with van der Waals surface area (Å²) in [5.74, 6) is -1.31. The molecule has 1 aromatic rings. The van der Waals surface area contributed by atoms with E-state index in [0.717, 1.165) is 10.6 Å². The van der Waals surface area contributed by atoms with Gasteiger partial charge in [-0.2, -0.15) is 0 Å². The molecule has 2 amide bonds. The van der Waals surface area contributed by atoms with Crippen LogP contribution in [0.4, 0.5) is 0 Å². The van der Waals surface area contributed by atoms with Crippen molar-refractivity contribution in [3.05, 3.63) is 35.4 Å². The summed E-state index contributed by atoms with van der Waals surface area (Å²) in [6.07, 6.45) is 2.17. The fourth-order valence-electron chi connectivity index (χ4n) is 4.14. The average molecular weight is 378 g/mol. The largest absolute Gasteiger partial charge is 0.333 e. The van der Waals surface area contributed by atoms with Gasteiger partial charge in [0.05, 0.1) is 24.3 Å². The third-order valence-electron chi connectivity index (χ3n) is 5.22. The number of rotatable bonds is 4. The van der Waals surface area contributed by atoms with Gasteiger partial charge in [0.15, 0.2) is 0 Å². The van der Waals surface area contributed by atoms with Gasteiger partial charge in [0.1, 0.15) is 6.29 Å². The van der Waals surface area contributed by atoms with E-state index in [2.05, 4.69) is 0 Å². The van der Waals surface area contributed by atoms with E-state index in [-0.39, 0.29) is 11.8 Å². The van der Waals surface area contributed by atoms with Gasteiger partial charge in [-0.15, -0.1) is 0 Å². The normalized spacial score (nSPS) is 25.7. The fourth-order valence-corrected chi connectivity index (χ4v) is 5.31. The number of aldehydes is 1. The van der Waals surface area contributed by atoms with Crippen molar-refractivity contribution in [1.29, 1.82) is 0 Å². The number of hydrogen-bond acceptors (Lipinski definition) is 5. The molecule has 26 heavy (non-hydrogen) atoms. The van der Waals surface area contributed by atoms with E-state index in [0.29, 0.717) is 30.4 Å². The molecule has 0 bridgehead atoms. The summed E-state index contributed by atoms with van der Waals surface area (Å²) in [4.78, 5) is 38.1. The van der Waals surface area contributed by atoms with E-state index >= 15 is 0 Å². The van der Waals surface area contributed by atoms with Crippen LogP contribution in [-0.2, 0) is 14.8 Å². The molecule has 8 heteroatoms. The van der Waals surface area contributed by atoms with Crippen LogP contribution in [0.1, 0.15) is 41.0 Å². The molecule has 7 nitrogen and oxygen atoms in total. The maximum atomic E-state index is 13.0. The van der Waals surface area contributed by atoms with E-state index in [1.807, 2.05) is 13.8 Å². The standard InChI is InChI=1S/C18H22N2O5S/c1-11(2)15-16-14(20(18(15)23)26(3,24)25)8-9-19(16)17(22)13-6-4-12(10-21)5-7-13/h4-7,10-11,14-16H,8-9H2,1-3H3/t14-,15+,16-/m0/s1. The highest BCUT2D eigenvalue weighted by atomic mass is 32.2. The molecule has 140 valence electrons. The SMILES string of the molecule is CC(C)[C@H]1C(=O)N(S(C)(=O)=O)[C@H]2CCN(C(=O)c3ccc(C=O)cc3)[C@H]12. The van der Waals surface area contributed by atoms with Gasteiger partial charge in [0.25, 0.3) is 5.91 Å². The van der Waals surface area contributed by atoms with Crippen LogP contribution >= 0.6 is 0 Å². The van der Waals surface area contributed by atoms with Crippen molar-refractivity contribution in [1.82, 2.24) is 9.21 Å². The van der Waals surface area contributed by atoms with Gasteiger partial charge in [0.2, 0.25) is 15.9 Å². The van der Waals surface area contributed by atoms with E-state index in [4.69, 9.17) is 0 Å². The zero-order valence-electron chi connectivity index (χ0n) is 15.0. The van der Waals surface area contributed by atoms with Crippen LogP contribution in [0, 0.1) is 11.8 Å². The lowest BCUT2D eigenvalue weighted by Gasteiger charge is -2.29. The van der Waals surface area contributed by atoms with Crippen LogP contribution in [0.15, 0.2) is 24.3 Å². The molecule has 2 aliphatic heterocycles. The Labute approximate surface area is 153 Å². The molecule has 3 atom stereocenters. The van der Waals surface area contributed by atoms with Gasteiger partial charge >= 0.3 is 0 Å². The summed E-state index contributed by atoms with van der Waals surface area (Å²) in [5.41, 5.74) is 0.893. The Kier molecular flexibility index (Phi) is 4.64. The summed E-state index contributed by atoms with van der Waals surface area (Å²) in [5, 5.41) is 0. The van der Waals surface area contributed by atoms with Gasteiger partial charge in [-0.3, -0.25) is 14.4 Å². The minimum Gasteiger partial charge on any atom is -0.333 e. The first-order chi connectivity index (χ1) is 12.2. The van der Waals surface area contributed by atoms with E-state index in [1.165, 1.54) is 0 Å². The third-order valence-corrected chi connectivity index (χ3v) is 6.39. The number of hydrogen-bond donors (Lipinski definition) is 0. The monoisotopic (exact) mass is 378 g/mol. The Morgan fingerprint density at radius 2 is 1.85 bits per heavy atom. The average Bonchev–Trinajstić information content (AvgIpc) is 3.09. The Bertz CT molecular complexity index is 847.